The second-order valence-corrected chi connectivity index (χ2v) is 5.41. The van der Waals surface area contributed by atoms with Gasteiger partial charge >= 0.3 is 5.97 Å². The van der Waals surface area contributed by atoms with Crippen molar-refractivity contribution in [2.45, 2.75) is 33.2 Å². The van der Waals surface area contributed by atoms with Crippen LogP contribution in [0.15, 0.2) is 12.3 Å². The lowest BCUT2D eigenvalue weighted by atomic mass is 10.0. The zero-order chi connectivity index (χ0) is 16.3. The topological polar surface area (TPSA) is 98.5 Å². The molecule has 0 aliphatic rings. The molecule has 0 aromatic carbocycles. The highest BCUT2D eigenvalue weighted by Gasteiger charge is 2.25. The summed E-state index contributed by atoms with van der Waals surface area (Å²) >= 11 is 0. The number of fused-ring (bicyclic) bond motifs is 1. The van der Waals surface area contributed by atoms with Crippen molar-refractivity contribution in [3.63, 3.8) is 0 Å². The summed E-state index contributed by atoms with van der Waals surface area (Å²) in [6.45, 7) is 5.75. The van der Waals surface area contributed by atoms with E-state index in [1.165, 1.54) is 11.6 Å². The van der Waals surface area contributed by atoms with Crippen molar-refractivity contribution in [1.82, 2.24) is 24.9 Å². The molecular weight excluding hydrogens is 286 g/mol. The number of nitrogens with zero attached hydrogens (tertiary/aromatic N) is 4. The second-order valence-electron chi connectivity index (χ2n) is 5.41. The average molecular weight is 305 g/mol. The smallest absolute Gasteiger partial charge is 0.328 e. The summed E-state index contributed by atoms with van der Waals surface area (Å²) in [6, 6.07) is 1.04. The Morgan fingerprint density at radius 2 is 2.14 bits per heavy atom. The molecule has 2 aromatic rings. The molecule has 2 heterocycles. The summed E-state index contributed by atoms with van der Waals surface area (Å²) in [6.07, 6.45) is 2.07. The van der Waals surface area contributed by atoms with Crippen LogP contribution in [0.1, 0.15) is 36.6 Å². The van der Waals surface area contributed by atoms with E-state index >= 15 is 0 Å². The predicted molar refractivity (Wildman–Crippen MR) is 78.2 cm³/mol. The molecule has 0 radical (unpaired) electrons. The van der Waals surface area contributed by atoms with E-state index in [0.717, 1.165) is 5.69 Å². The molecule has 1 N–H and O–H groups in total. The number of amides is 1. The van der Waals surface area contributed by atoms with Gasteiger partial charge in [-0.3, -0.25) is 4.79 Å². The van der Waals surface area contributed by atoms with Gasteiger partial charge in [-0.25, -0.2) is 14.3 Å². The number of hydrogen-bond donors (Lipinski definition) is 1. The molecule has 8 nitrogen and oxygen atoms in total. The number of methoxy groups -OCH3 is 1. The predicted octanol–water partition coefficient (Wildman–Crippen LogP) is 0.750. The van der Waals surface area contributed by atoms with Gasteiger partial charge in [0.15, 0.2) is 0 Å². The van der Waals surface area contributed by atoms with E-state index < -0.39 is 17.9 Å². The molecule has 22 heavy (non-hydrogen) atoms. The van der Waals surface area contributed by atoms with Crippen LogP contribution in [0, 0.1) is 12.8 Å². The first-order chi connectivity index (χ1) is 10.4. The van der Waals surface area contributed by atoms with Crippen molar-refractivity contribution in [1.29, 1.82) is 0 Å². The first-order valence-corrected chi connectivity index (χ1v) is 6.99. The van der Waals surface area contributed by atoms with Crippen LogP contribution in [0.2, 0.25) is 0 Å². The number of carbonyl (C=O) groups excluding carboxylic acids is 2. The molecule has 0 unspecified atom stereocenters. The number of ether oxygens (including phenoxy) is 1. The van der Waals surface area contributed by atoms with E-state index in [4.69, 9.17) is 4.74 Å². The molecule has 0 aliphatic heterocycles. The van der Waals surface area contributed by atoms with Crippen LogP contribution >= 0.6 is 0 Å². The van der Waals surface area contributed by atoms with Gasteiger partial charge in [-0.05, 0) is 25.3 Å². The molecule has 0 aliphatic carbocycles. The van der Waals surface area contributed by atoms with Crippen molar-refractivity contribution in [2.75, 3.05) is 7.11 Å². The van der Waals surface area contributed by atoms with E-state index in [2.05, 4.69) is 20.4 Å². The average Bonchev–Trinajstić information content (AvgIpc) is 2.91. The fourth-order valence-electron chi connectivity index (χ4n) is 2.05. The minimum absolute atomic E-state index is 0.0283. The van der Waals surface area contributed by atoms with Crippen LogP contribution < -0.4 is 5.32 Å². The molecule has 8 heteroatoms. The highest BCUT2D eigenvalue weighted by atomic mass is 16.5. The zero-order valence-electron chi connectivity index (χ0n) is 13.0. The van der Waals surface area contributed by atoms with Crippen molar-refractivity contribution < 1.29 is 14.3 Å². The third kappa shape index (κ3) is 3.38. The summed E-state index contributed by atoms with van der Waals surface area (Å²) in [5.41, 5.74) is 0.809. The van der Waals surface area contributed by atoms with E-state index in [1.807, 2.05) is 20.8 Å². The SMILES string of the molecule is COC(=O)[C@@H](CC(C)C)NC(=O)c1nc2nccc(C)n2n1. The molecule has 0 saturated carbocycles. The summed E-state index contributed by atoms with van der Waals surface area (Å²) in [5, 5.41) is 6.72. The fraction of sp³-hybridized carbons (Fsp3) is 0.500. The Kier molecular flexibility index (Phi) is 4.69. The lowest BCUT2D eigenvalue weighted by Gasteiger charge is -2.17. The summed E-state index contributed by atoms with van der Waals surface area (Å²) in [5.74, 6) is -0.480. The van der Waals surface area contributed by atoms with E-state index in [1.54, 1.807) is 12.3 Å². The van der Waals surface area contributed by atoms with Gasteiger partial charge in [-0.2, -0.15) is 4.98 Å². The van der Waals surface area contributed by atoms with E-state index in [-0.39, 0.29) is 11.7 Å². The van der Waals surface area contributed by atoms with Crippen LogP contribution in [-0.2, 0) is 9.53 Å². The first-order valence-electron chi connectivity index (χ1n) is 6.99. The second kappa shape index (κ2) is 6.50. The lowest BCUT2D eigenvalue weighted by Crippen LogP contribution is -2.42. The van der Waals surface area contributed by atoms with Gasteiger partial charge in [0.2, 0.25) is 5.82 Å². The van der Waals surface area contributed by atoms with Crippen molar-refractivity contribution in [2.24, 2.45) is 5.92 Å². The minimum Gasteiger partial charge on any atom is -0.467 e. The Bertz CT molecular complexity index is 695. The molecule has 1 atom stereocenters. The molecule has 0 spiro atoms. The summed E-state index contributed by atoms with van der Waals surface area (Å²) in [7, 11) is 1.29. The number of aromatic nitrogens is 4. The molecule has 0 fully saturated rings. The molecule has 1 amide bonds. The van der Waals surface area contributed by atoms with Crippen LogP contribution in [0.25, 0.3) is 5.78 Å². The van der Waals surface area contributed by atoms with E-state index in [9.17, 15) is 9.59 Å². The maximum absolute atomic E-state index is 12.3. The van der Waals surface area contributed by atoms with Crippen molar-refractivity contribution in [3.8, 4) is 0 Å². The van der Waals surface area contributed by atoms with Crippen molar-refractivity contribution in [3.05, 3.63) is 23.8 Å². The van der Waals surface area contributed by atoms with Crippen LogP contribution in [0.5, 0.6) is 0 Å². The number of esters is 1. The van der Waals surface area contributed by atoms with Gasteiger partial charge in [0, 0.05) is 11.9 Å². The normalized spacial score (nSPS) is 12.4. The Morgan fingerprint density at radius 3 is 2.73 bits per heavy atom. The molecule has 2 rings (SSSR count). The molecular formula is C14H19N5O3. The van der Waals surface area contributed by atoms with Crippen LogP contribution in [0.4, 0.5) is 0 Å². The highest BCUT2D eigenvalue weighted by molar-refractivity contribution is 5.94. The van der Waals surface area contributed by atoms with Gasteiger partial charge in [-0.1, -0.05) is 13.8 Å². The standard InChI is InChI=1S/C14H19N5O3/c1-8(2)7-10(13(21)22-4)16-12(20)11-17-14-15-6-5-9(3)19(14)18-11/h5-6,8,10H,7H2,1-4H3,(H,16,20)/t10-/m1/s1. The van der Waals surface area contributed by atoms with Gasteiger partial charge in [-0.15, -0.1) is 5.10 Å². The maximum Gasteiger partial charge on any atom is 0.328 e. The zero-order valence-corrected chi connectivity index (χ0v) is 13.0. The lowest BCUT2D eigenvalue weighted by molar-refractivity contribution is -0.143. The first kappa shape index (κ1) is 15.9. The Morgan fingerprint density at radius 1 is 1.41 bits per heavy atom. The summed E-state index contributed by atoms with van der Waals surface area (Å²) < 4.78 is 6.19. The third-order valence-electron chi connectivity index (χ3n) is 3.13. The van der Waals surface area contributed by atoms with Gasteiger partial charge in [0.25, 0.3) is 11.7 Å². The Labute approximate surface area is 127 Å². The van der Waals surface area contributed by atoms with Crippen LogP contribution in [0.3, 0.4) is 0 Å². The number of carbonyl (C=O) groups is 2. The van der Waals surface area contributed by atoms with Gasteiger partial charge < -0.3 is 10.1 Å². The highest BCUT2D eigenvalue weighted by Crippen LogP contribution is 2.08. The number of rotatable bonds is 5. The van der Waals surface area contributed by atoms with E-state index in [0.29, 0.717) is 12.2 Å². The minimum atomic E-state index is -0.724. The maximum atomic E-state index is 12.3. The largest absolute Gasteiger partial charge is 0.467 e. The third-order valence-corrected chi connectivity index (χ3v) is 3.13. The number of nitrogens with one attached hydrogen (secondary N) is 1. The Balaban J connectivity index is 2.21. The summed E-state index contributed by atoms with van der Waals surface area (Å²) in [4.78, 5) is 32.1. The number of aryl methyl sites for hydroxylation is 1. The quantitative estimate of drug-likeness (QED) is 0.818. The van der Waals surface area contributed by atoms with Gasteiger partial charge in [0.05, 0.1) is 7.11 Å². The Hall–Kier alpha value is -2.51. The molecule has 2 aromatic heterocycles. The van der Waals surface area contributed by atoms with Crippen LogP contribution in [-0.4, -0.2) is 44.6 Å². The van der Waals surface area contributed by atoms with Gasteiger partial charge in [0.1, 0.15) is 6.04 Å². The number of hydrogen-bond acceptors (Lipinski definition) is 6. The molecule has 0 bridgehead atoms. The molecule has 118 valence electrons. The van der Waals surface area contributed by atoms with Crippen molar-refractivity contribution >= 4 is 17.7 Å². The monoisotopic (exact) mass is 305 g/mol. The molecule has 0 saturated heterocycles. The fourth-order valence-corrected chi connectivity index (χ4v) is 2.05.